The topological polar surface area (TPSA) is 29.1 Å². The first-order chi connectivity index (χ1) is 8.65. The van der Waals surface area contributed by atoms with Gasteiger partial charge in [-0.15, -0.1) is 0 Å². The number of benzene rings is 1. The lowest BCUT2D eigenvalue weighted by molar-refractivity contribution is -0.121. The number of anilines is 1. The predicted molar refractivity (Wildman–Crippen MR) is 81.5 cm³/mol. The molecule has 3 heteroatoms. The van der Waals surface area contributed by atoms with Crippen LogP contribution in [-0.2, 0) is 4.79 Å². The smallest absolute Gasteiger partial charge is 0.227 e. The van der Waals surface area contributed by atoms with Crippen LogP contribution in [0.15, 0.2) is 18.2 Å². The molecule has 2 nitrogen and oxygen atoms in total. The summed E-state index contributed by atoms with van der Waals surface area (Å²) in [6.45, 7) is 2.07. The molecule has 1 amide bonds. The minimum Gasteiger partial charge on any atom is -0.326 e. The summed E-state index contributed by atoms with van der Waals surface area (Å²) in [5.74, 6) is 1.98. The third-order valence-electron chi connectivity index (χ3n) is 4.60. The molecule has 0 aromatic heterocycles. The van der Waals surface area contributed by atoms with Crippen molar-refractivity contribution in [3.63, 3.8) is 0 Å². The third kappa shape index (κ3) is 2.17. The average molecular weight is 355 g/mol. The maximum absolute atomic E-state index is 12.4. The van der Waals surface area contributed by atoms with Crippen molar-refractivity contribution in [2.24, 2.45) is 17.8 Å². The maximum Gasteiger partial charge on any atom is 0.227 e. The summed E-state index contributed by atoms with van der Waals surface area (Å²) < 4.78 is 1.21. The van der Waals surface area contributed by atoms with Gasteiger partial charge in [-0.05, 0) is 78.3 Å². The van der Waals surface area contributed by atoms with Crippen LogP contribution in [0.3, 0.4) is 0 Å². The van der Waals surface area contributed by atoms with Gasteiger partial charge in [-0.25, -0.2) is 0 Å². The Labute approximate surface area is 122 Å². The number of carbonyl (C=O) groups is 1. The summed E-state index contributed by atoms with van der Waals surface area (Å²) in [5.41, 5.74) is 2.16. The number of amides is 1. The van der Waals surface area contributed by atoms with Gasteiger partial charge in [-0.3, -0.25) is 4.79 Å². The molecule has 2 fully saturated rings. The lowest BCUT2D eigenvalue weighted by atomic mass is 9.88. The first kappa shape index (κ1) is 12.5. The molecule has 2 aliphatic rings. The Balaban J connectivity index is 1.73. The van der Waals surface area contributed by atoms with E-state index in [-0.39, 0.29) is 11.8 Å². The molecule has 0 saturated heterocycles. The number of rotatable bonds is 2. The predicted octanol–water partition coefficient (Wildman–Crippen LogP) is 3.97. The lowest BCUT2D eigenvalue weighted by Crippen LogP contribution is -2.27. The largest absolute Gasteiger partial charge is 0.326 e. The van der Waals surface area contributed by atoms with Crippen molar-refractivity contribution in [2.45, 2.75) is 32.6 Å². The Morgan fingerprint density at radius 2 is 2.17 bits per heavy atom. The first-order valence-corrected chi connectivity index (χ1v) is 7.79. The van der Waals surface area contributed by atoms with Gasteiger partial charge in [0, 0.05) is 15.2 Å². The van der Waals surface area contributed by atoms with Gasteiger partial charge in [0.05, 0.1) is 0 Å². The number of carbonyl (C=O) groups excluding carboxylic acids is 1. The molecule has 2 bridgehead atoms. The van der Waals surface area contributed by atoms with E-state index in [1.807, 2.05) is 12.1 Å². The number of nitrogens with one attached hydrogen (secondary N) is 1. The zero-order valence-electron chi connectivity index (χ0n) is 10.6. The molecule has 96 valence electrons. The van der Waals surface area contributed by atoms with E-state index in [0.29, 0.717) is 5.92 Å². The van der Waals surface area contributed by atoms with E-state index in [1.54, 1.807) is 0 Å². The molecule has 1 aromatic carbocycles. The molecule has 3 rings (SSSR count). The second-order valence-electron chi connectivity index (χ2n) is 5.68. The van der Waals surface area contributed by atoms with Gasteiger partial charge in [0.15, 0.2) is 0 Å². The lowest BCUT2D eigenvalue weighted by Gasteiger charge is -2.21. The Morgan fingerprint density at radius 1 is 1.33 bits per heavy atom. The van der Waals surface area contributed by atoms with E-state index in [1.165, 1.54) is 28.4 Å². The second kappa shape index (κ2) is 4.83. The molecular formula is C15H18INO. The molecule has 18 heavy (non-hydrogen) atoms. The summed E-state index contributed by atoms with van der Waals surface area (Å²) in [6.07, 6.45) is 4.99. The fraction of sp³-hybridized carbons (Fsp3) is 0.533. The maximum atomic E-state index is 12.4. The van der Waals surface area contributed by atoms with Gasteiger partial charge >= 0.3 is 0 Å². The fourth-order valence-electron chi connectivity index (χ4n) is 3.53. The van der Waals surface area contributed by atoms with E-state index < -0.39 is 0 Å². The van der Waals surface area contributed by atoms with Gasteiger partial charge in [0.25, 0.3) is 0 Å². The molecule has 0 radical (unpaired) electrons. The summed E-state index contributed by atoms with van der Waals surface area (Å²) in [6, 6.07) is 6.08. The molecular weight excluding hydrogens is 337 g/mol. The monoisotopic (exact) mass is 355 g/mol. The SMILES string of the molecule is Cc1c(I)cccc1NC(=O)C1CC2CCC1C2. The van der Waals surface area contributed by atoms with E-state index >= 15 is 0 Å². The Bertz CT molecular complexity index is 485. The minimum atomic E-state index is 0.243. The third-order valence-corrected chi connectivity index (χ3v) is 5.77. The number of hydrogen-bond acceptors (Lipinski definition) is 1. The van der Waals surface area contributed by atoms with Crippen molar-refractivity contribution in [1.29, 1.82) is 0 Å². The van der Waals surface area contributed by atoms with Gasteiger partial charge in [-0.1, -0.05) is 12.5 Å². The molecule has 0 heterocycles. The second-order valence-corrected chi connectivity index (χ2v) is 6.85. The molecule has 2 aliphatic carbocycles. The number of fused-ring (bicyclic) bond motifs is 2. The molecule has 3 atom stereocenters. The molecule has 1 N–H and O–H groups in total. The van der Waals surface area contributed by atoms with E-state index in [2.05, 4.69) is 40.9 Å². The Morgan fingerprint density at radius 3 is 2.83 bits per heavy atom. The van der Waals surface area contributed by atoms with Gasteiger partial charge in [-0.2, -0.15) is 0 Å². The van der Waals surface area contributed by atoms with Crippen molar-refractivity contribution >= 4 is 34.2 Å². The molecule has 2 saturated carbocycles. The summed E-state index contributed by atoms with van der Waals surface area (Å²) in [7, 11) is 0. The summed E-state index contributed by atoms with van der Waals surface area (Å²) >= 11 is 2.31. The fourth-order valence-corrected chi connectivity index (χ4v) is 4.03. The number of hydrogen-bond donors (Lipinski definition) is 1. The van der Waals surface area contributed by atoms with Crippen LogP contribution < -0.4 is 5.32 Å². The molecule has 3 unspecified atom stereocenters. The highest BCUT2D eigenvalue weighted by molar-refractivity contribution is 14.1. The van der Waals surface area contributed by atoms with Gasteiger partial charge in [0.2, 0.25) is 5.91 Å². The van der Waals surface area contributed by atoms with Crippen molar-refractivity contribution in [1.82, 2.24) is 0 Å². The van der Waals surface area contributed by atoms with Crippen LogP contribution in [0.25, 0.3) is 0 Å². The van der Waals surface area contributed by atoms with Gasteiger partial charge in [0.1, 0.15) is 0 Å². The summed E-state index contributed by atoms with van der Waals surface area (Å²) in [4.78, 5) is 12.4. The van der Waals surface area contributed by atoms with E-state index in [0.717, 1.165) is 18.0 Å². The quantitative estimate of drug-likeness (QED) is 0.799. The minimum absolute atomic E-state index is 0.243. The van der Waals surface area contributed by atoms with Crippen molar-refractivity contribution < 1.29 is 4.79 Å². The van der Waals surface area contributed by atoms with Crippen LogP contribution in [0.4, 0.5) is 5.69 Å². The molecule has 0 aliphatic heterocycles. The van der Waals surface area contributed by atoms with Crippen LogP contribution in [0.5, 0.6) is 0 Å². The standard InChI is InChI=1S/C15H18INO/c1-9-13(16)3-2-4-14(9)17-15(18)12-8-10-5-6-11(12)7-10/h2-4,10-12H,5-8H2,1H3,(H,17,18). The zero-order chi connectivity index (χ0) is 12.7. The highest BCUT2D eigenvalue weighted by atomic mass is 127. The van der Waals surface area contributed by atoms with Crippen LogP contribution in [-0.4, -0.2) is 5.91 Å². The zero-order valence-corrected chi connectivity index (χ0v) is 12.7. The van der Waals surface area contributed by atoms with Crippen molar-refractivity contribution in [3.05, 3.63) is 27.3 Å². The van der Waals surface area contributed by atoms with Crippen LogP contribution in [0.1, 0.15) is 31.2 Å². The summed E-state index contributed by atoms with van der Waals surface area (Å²) in [5, 5.41) is 3.13. The van der Waals surface area contributed by atoms with E-state index in [4.69, 9.17) is 0 Å². The Kier molecular flexibility index (Phi) is 3.34. The average Bonchev–Trinajstić information content (AvgIpc) is 2.97. The highest BCUT2D eigenvalue weighted by Gasteiger charge is 2.43. The van der Waals surface area contributed by atoms with Crippen LogP contribution >= 0.6 is 22.6 Å². The molecule has 1 aromatic rings. The van der Waals surface area contributed by atoms with Crippen molar-refractivity contribution in [2.75, 3.05) is 5.32 Å². The van der Waals surface area contributed by atoms with E-state index in [9.17, 15) is 4.79 Å². The number of halogens is 1. The normalized spacial score (nSPS) is 29.6. The van der Waals surface area contributed by atoms with Crippen LogP contribution in [0.2, 0.25) is 0 Å². The van der Waals surface area contributed by atoms with Crippen LogP contribution in [0, 0.1) is 28.2 Å². The van der Waals surface area contributed by atoms with Crippen molar-refractivity contribution in [3.8, 4) is 0 Å². The Hall–Kier alpha value is -0.580. The first-order valence-electron chi connectivity index (χ1n) is 6.71. The van der Waals surface area contributed by atoms with Gasteiger partial charge < -0.3 is 5.32 Å². The highest BCUT2D eigenvalue weighted by Crippen LogP contribution is 2.48. The molecule has 0 spiro atoms.